The van der Waals surface area contributed by atoms with Gasteiger partial charge in [-0.05, 0) is 49.2 Å². The molecule has 20 heavy (non-hydrogen) atoms. The second kappa shape index (κ2) is 6.22. The third-order valence-corrected chi connectivity index (χ3v) is 5.81. The molecule has 110 valence electrons. The molecule has 0 aliphatic carbocycles. The quantitative estimate of drug-likeness (QED) is 0.908. The van der Waals surface area contributed by atoms with Gasteiger partial charge in [-0.3, -0.25) is 4.98 Å². The number of aromatic nitrogens is 1. The minimum absolute atomic E-state index is 0.00530. The van der Waals surface area contributed by atoms with Crippen LogP contribution >= 0.6 is 23.4 Å². The number of hydrogen-bond donors (Lipinski definition) is 1. The number of aliphatic hydroxyl groups is 1. The number of thioether (sulfide) groups is 1. The average molecular weight is 314 g/mol. The van der Waals surface area contributed by atoms with E-state index in [2.05, 4.69) is 4.98 Å². The number of halogens is 1. The lowest BCUT2D eigenvalue weighted by molar-refractivity contribution is -0.121. The second-order valence-corrected chi connectivity index (χ2v) is 7.37. The Morgan fingerprint density at radius 2 is 2.25 bits per heavy atom. The number of rotatable bonds is 2. The predicted octanol–water partition coefficient (Wildman–Crippen LogP) is 3.46. The Morgan fingerprint density at radius 3 is 3.00 bits per heavy atom. The Labute approximate surface area is 129 Å². The summed E-state index contributed by atoms with van der Waals surface area (Å²) in [6.07, 6.45) is 6.82. The molecule has 3 rings (SSSR count). The van der Waals surface area contributed by atoms with Crippen molar-refractivity contribution < 1.29 is 9.84 Å². The molecule has 0 aromatic carbocycles. The highest BCUT2D eigenvalue weighted by Crippen LogP contribution is 2.44. The van der Waals surface area contributed by atoms with Crippen molar-refractivity contribution in [2.24, 2.45) is 5.92 Å². The van der Waals surface area contributed by atoms with Gasteiger partial charge in [-0.15, -0.1) is 0 Å². The molecule has 2 fully saturated rings. The van der Waals surface area contributed by atoms with Crippen molar-refractivity contribution in [2.45, 2.75) is 37.4 Å². The average Bonchev–Trinajstić information content (AvgIpc) is 2.48. The summed E-state index contributed by atoms with van der Waals surface area (Å²) in [5, 5.41) is 11.2. The van der Waals surface area contributed by atoms with Crippen molar-refractivity contribution in [1.82, 2.24) is 4.98 Å². The highest BCUT2D eigenvalue weighted by molar-refractivity contribution is 7.99. The molecule has 1 aromatic rings. The number of pyridine rings is 1. The molecular weight excluding hydrogens is 294 g/mol. The van der Waals surface area contributed by atoms with Crippen LogP contribution in [0.5, 0.6) is 0 Å². The minimum atomic E-state index is -0.513. The van der Waals surface area contributed by atoms with E-state index in [4.69, 9.17) is 16.3 Å². The van der Waals surface area contributed by atoms with Crippen LogP contribution in [-0.2, 0) is 4.74 Å². The topological polar surface area (TPSA) is 42.4 Å². The summed E-state index contributed by atoms with van der Waals surface area (Å²) in [4.78, 5) is 3.99. The SMILES string of the molecule is OC(c1ccncc1Cl)C1CCOC2(CCSCC2)C1. The van der Waals surface area contributed by atoms with Crippen LogP contribution in [0.1, 0.15) is 37.4 Å². The van der Waals surface area contributed by atoms with E-state index in [1.54, 1.807) is 12.4 Å². The van der Waals surface area contributed by atoms with Crippen molar-refractivity contribution >= 4 is 23.4 Å². The Bertz CT molecular complexity index is 459. The van der Waals surface area contributed by atoms with Gasteiger partial charge in [0, 0.05) is 24.6 Å². The maximum Gasteiger partial charge on any atom is 0.0835 e. The van der Waals surface area contributed by atoms with E-state index in [1.165, 1.54) is 11.5 Å². The zero-order chi connectivity index (χ0) is 14.0. The smallest absolute Gasteiger partial charge is 0.0835 e. The Balaban J connectivity index is 1.75. The summed E-state index contributed by atoms with van der Waals surface area (Å²) in [5.41, 5.74) is 0.795. The number of nitrogens with zero attached hydrogens (tertiary/aromatic N) is 1. The molecule has 0 radical (unpaired) electrons. The maximum atomic E-state index is 10.7. The molecule has 3 nitrogen and oxygen atoms in total. The van der Waals surface area contributed by atoms with Gasteiger partial charge in [-0.2, -0.15) is 11.8 Å². The van der Waals surface area contributed by atoms with Gasteiger partial charge in [0.1, 0.15) is 0 Å². The summed E-state index contributed by atoms with van der Waals surface area (Å²) >= 11 is 8.16. The van der Waals surface area contributed by atoms with Crippen molar-refractivity contribution in [3.8, 4) is 0 Å². The van der Waals surface area contributed by atoms with E-state index < -0.39 is 6.10 Å². The van der Waals surface area contributed by atoms with Gasteiger partial charge in [-0.25, -0.2) is 0 Å². The van der Waals surface area contributed by atoms with Crippen LogP contribution in [-0.4, -0.2) is 33.8 Å². The number of ether oxygens (including phenoxy) is 1. The molecule has 2 saturated heterocycles. The van der Waals surface area contributed by atoms with Gasteiger partial charge in [0.05, 0.1) is 16.7 Å². The molecule has 2 atom stereocenters. The monoisotopic (exact) mass is 313 g/mol. The van der Waals surface area contributed by atoms with Crippen LogP contribution in [0.25, 0.3) is 0 Å². The van der Waals surface area contributed by atoms with Crippen LogP contribution in [0.4, 0.5) is 0 Å². The standard InChI is InChI=1S/C15H20ClNO2S/c16-13-10-17-5-1-12(13)14(18)11-2-6-19-15(9-11)3-7-20-8-4-15/h1,5,10-11,14,18H,2-4,6-9H2. The fourth-order valence-electron chi connectivity index (χ4n) is 3.31. The largest absolute Gasteiger partial charge is 0.388 e. The van der Waals surface area contributed by atoms with Crippen molar-refractivity contribution in [1.29, 1.82) is 0 Å². The highest BCUT2D eigenvalue weighted by Gasteiger charge is 2.41. The van der Waals surface area contributed by atoms with Gasteiger partial charge < -0.3 is 9.84 Å². The first-order chi connectivity index (χ1) is 9.70. The molecule has 0 saturated carbocycles. The van der Waals surface area contributed by atoms with Crippen LogP contribution < -0.4 is 0 Å². The van der Waals surface area contributed by atoms with Gasteiger partial charge in [-0.1, -0.05) is 11.6 Å². The molecule has 0 amide bonds. The molecule has 2 aliphatic rings. The van der Waals surface area contributed by atoms with Crippen LogP contribution in [0.15, 0.2) is 18.5 Å². The van der Waals surface area contributed by atoms with E-state index >= 15 is 0 Å². The minimum Gasteiger partial charge on any atom is -0.388 e. The lowest BCUT2D eigenvalue weighted by Gasteiger charge is -2.44. The molecule has 2 unspecified atom stereocenters. The molecule has 2 aliphatic heterocycles. The summed E-state index contributed by atoms with van der Waals surface area (Å²) in [5.74, 6) is 2.56. The number of hydrogen-bond acceptors (Lipinski definition) is 4. The fourth-order valence-corrected chi connectivity index (χ4v) is 4.77. The van der Waals surface area contributed by atoms with E-state index in [1.807, 2.05) is 17.8 Å². The third-order valence-electron chi connectivity index (χ3n) is 4.50. The Kier molecular flexibility index (Phi) is 4.55. The lowest BCUT2D eigenvalue weighted by atomic mass is 9.78. The van der Waals surface area contributed by atoms with E-state index in [9.17, 15) is 5.11 Å². The maximum absolute atomic E-state index is 10.7. The molecule has 1 aromatic heterocycles. The first-order valence-corrected chi connectivity index (χ1v) is 8.73. The van der Waals surface area contributed by atoms with Crippen molar-refractivity contribution in [2.75, 3.05) is 18.1 Å². The highest BCUT2D eigenvalue weighted by atomic mass is 35.5. The van der Waals surface area contributed by atoms with Gasteiger partial charge in [0.25, 0.3) is 0 Å². The predicted molar refractivity (Wildman–Crippen MR) is 82.2 cm³/mol. The third kappa shape index (κ3) is 2.98. The van der Waals surface area contributed by atoms with Crippen LogP contribution in [0.2, 0.25) is 5.02 Å². The van der Waals surface area contributed by atoms with Crippen molar-refractivity contribution in [3.63, 3.8) is 0 Å². The fraction of sp³-hybridized carbons (Fsp3) is 0.667. The molecule has 3 heterocycles. The van der Waals surface area contributed by atoms with Gasteiger partial charge in [0.15, 0.2) is 0 Å². The van der Waals surface area contributed by atoms with Crippen LogP contribution in [0.3, 0.4) is 0 Å². The van der Waals surface area contributed by atoms with E-state index in [0.29, 0.717) is 5.02 Å². The second-order valence-electron chi connectivity index (χ2n) is 5.74. The first-order valence-electron chi connectivity index (χ1n) is 7.19. The van der Waals surface area contributed by atoms with E-state index in [-0.39, 0.29) is 11.5 Å². The zero-order valence-electron chi connectivity index (χ0n) is 11.4. The summed E-state index contributed by atoms with van der Waals surface area (Å²) in [6.45, 7) is 0.745. The Morgan fingerprint density at radius 1 is 1.45 bits per heavy atom. The molecule has 1 spiro atoms. The van der Waals surface area contributed by atoms with Crippen molar-refractivity contribution in [3.05, 3.63) is 29.0 Å². The summed E-state index contributed by atoms with van der Waals surface area (Å²) < 4.78 is 6.08. The zero-order valence-corrected chi connectivity index (χ0v) is 13.0. The molecule has 1 N–H and O–H groups in total. The summed E-state index contributed by atoms with van der Waals surface area (Å²) in [6, 6.07) is 1.83. The molecule has 0 bridgehead atoms. The van der Waals surface area contributed by atoms with Gasteiger partial charge >= 0.3 is 0 Å². The molecule has 5 heteroatoms. The first kappa shape index (κ1) is 14.6. The van der Waals surface area contributed by atoms with Gasteiger partial charge in [0.2, 0.25) is 0 Å². The van der Waals surface area contributed by atoms with E-state index in [0.717, 1.165) is 37.9 Å². The summed E-state index contributed by atoms with van der Waals surface area (Å²) in [7, 11) is 0. The lowest BCUT2D eigenvalue weighted by Crippen LogP contribution is -2.44. The number of aliphatic hydroxyl groups excluding tert-OH is 1. The molecular formula is C15H20ClNO2S. The Hall–Kier alpha value is -0.290. The van der Waals surface area contributed by atoms with Crippen LogP contribution in [0, 0.1) is 5.92 Å². The normalized spacial score (nSPS) is 27.4.